The van der Waals surface area contributed by atoms with E-state index in [1.807, 2.05) is 0 Å². The Balaban J connectivity index is 0.000000483. The number of H-pyrrole nitrogens is 2. The number of nitrogen functional groups attached to an aromatic ring is 2. The number of nitrogens with two attached hydrogens (primary N) is 2. The summed E-state index contributed by atoms with van der Waals surface area (Å²) < 4.78 is 41.5. The Morgan fingerprint density at radius 1 is 0.769 bits per heavy atom. The van der Waals surface area contributed by atoms with Crippen molar-refractivity contribution in [2.24, 2.45) is 0 Å². The normalized spacial score (nSPS) is 26.1. The van der Waals surface area contributed by atoms with E-state index in [0.717, 1.165) is 0 Å². The third-order valence-corrected chi connectivity index (χ3v) is 10.1. The summed E-state index contributed by atoms with van der Waals surface area (Å²) in [6.45, 7) is -0.984. The molecule has 2 aromatic heterocycles. The molecule has 4 aliphatic heterocycles. The molecule has 0 bridgehead atoms. The zero-order valence-electron chi connectivity index (χ0n) is 25.6. The first-order chi connectivity index (χ1) is 22.3. The van der Waals surface area contributed by atoms with Crippen molar-refractivity contribution in [2.45, 2.75) is 36.7 Å². The van der Waals surface area contributed by atoms with Crippen LogP contribution in [0.4, 0.5) is 34.9 Å². The predicted octanol–water partition coefficient (Wildman–Crippen LogP) is -3.46. The summed E-state index contributed by atoms with van der Waals surface area (Å²) in [5.41, 5.74) is 10.3. The molecule has 8 atom stereocenters. The maximum atomic E-state index is 11.9. The number of nitrogens with one attached hydrogen (secondary N) is 6. The number of aromatic nitrogens is 4. The van der Waals surface area contributed by atoms with E-state index in [1.165, 1.54) is 0 Å². The number of thiol groups is 3. The Kier molecular flexibility index (Phi) is 18.0. The minimum atomic E-state index is -4.91. The van der Waals surface area contributed by atoms with Crippen LogP contribution in [0.2, 0.25) is 0 Å². The quantitative estimate of drug-likeness (QED) is 0.0579. The molecule has 0 fully saturated rings. The molecule has 6 rings (SSSR count). The molecule has 0 radical (unpaired) electrons. The maximum absolute atomic E-state index is 11.9. The van der Waals surface area contributed by atoms with Crippen molar-refractivity contribution >= 4 is 124 Å². The van der Waals surface area contributed by atoms with Crippen LogP contribution in [-0.4, -0.2) is 114 Å². The second kappa shape index (κ2) is 19.1. The minimum Gasteiger partial charge on any atom is -0.870 e. The van der Waals surface area contributed by atoms with Crippen LogP contribution < -0.4 is 53.6 Å². The number of hydrogen-bond acceptors (Lipinski definition) is 24. The van der Waals surface area contributed by atoms with Crippen LogP contribution in [-0.2, 0) is 61.3 Å². The molecule has 32 heteroatoms. The average molecular weight is 1030 g/mol. The number of phosphoric ester groups is 2. The summed E-state index contributed by atoms with van der Waals surface area (Å²) in [4.78, 5) is 76.6. The Labute approximate surface area is 344 Å². The van der Waals surface area contributed by atoms with Gasteiger partial charge in [0.2, 0.25) is 11.9 Å². The van der Waals surface area contributed by atoms with E-state index in [4.69, 9.17) is 43.4 Å². The van der Waals surface area contributed by atoms with Crippen LogP contribution in [0.25, 0.3) is 0 Å². The molecule has 2 aromatic rings. The minimum absolute atomic E-state index is 0. The number of phosphoric acid groups is 2. The molecular formula is C20H27MgN10O14P2S4W-3. The molecule has 0 saturated heterocycles. The zero-order chi connectivity index (χ0) is 35.3. The molecule has 6 heterocycles. The molecule has 0 spiro atoms. The van der Waals surface area contributed by atoms with Gasteiger partial charge >= 0.3 is 23.1 Å². The summed E-state index contributed by atoms with van der Waals surface area (Å²) >= 11 is 18.1. The molecule has 286 valence electrons. The van der Waals surface area contributed by atoms with Gasteiger partial charge in [-0.1, -0.05) is 0 Å². The first kappa shape index (κ1) is 48.8. The van der Waals surface area contributed by atoms with Crippen molar-refractivity contribution in [3.05, 3.63) is 40.3 Å². The van der Waals surface area contributed by atoms with Crippen molar-refractivity contribution in [3.63, 3.8) is 0 Å². The van der Waals surface area contributed by atoms with Gasteiger partial charge in [-0.15, -0.1) is 37.9 Å². The van der Waals surface area contributed by atoms with Gasteiger partial charge in [0, 0.05) is 30.9 Å². The number of anilines is 6. The number of hydrogen-bond donors (Lipinski definition) is 13. The molecule has 2 unspecified atom stereocenters. The number of fused-ring (bicyclic) bond motifs is 4. The molecule has 0 aromatic carbocycles. The standard InChI is InChI=1S/2C10H14N5O6PS2.Mg.2H2O.W/c2*11-10-14-7-4(8(16)15-10)12-3-6(24)5(23)2(21-9(3)13-7)1-20-22(17,18)19;;;;/h2*2-3,9,12,23-24H,1H2,(H2,17,18,19)(H4,11,13,14,15,16);;2*1H2;/q;;+2;;;/p-5/t2*2-,3+,9-;;;;/m00..../s1. The van der Waals surface area contributed by atoms with E-state index in [-0.39, 0.29) is 94.9 Å². The van der Waals surface area contributed by atoms with E-state index >= 15 is 0 Å². The Bertz CT molecular complexity index is 1770. The second-order valence-electron chi connectivity index (χ2n) is 10.0. The van der Waals surface area contributed by atoms with Crippen LogP contribution in [0, 0.1) is 0 Å². The molecular weight excluding hydrogens is 1000 g/mol. The van der Waals surface area contributed by atoms with Gasteiger partial charge in [0.25, 0.3) is 26.8 Å². The molecule has 14 N–H and O–H groups in total. The van der Waals surface area contributed by atoms with Crippen LogP contribution in [0.1, 0.15) is 0 Å². The van der Waals surface area contributed by atoms with Crippen LogP contribution in [0.15, 0.2) is 29.2 Å². The molecule has 24 nitrogen and oxygen atoms in total. The molecule has 0 amide bonds. The summed E-state index contributed by atoms with van der Waals surface area (Å²) in [6.07, 6.45) is -3.33. The van der Waals surface area contributed by atoms with Gasteiger partial charge in [0.1, 0.15) is 29.6 Å². The fourth-order valence-corrected chi connectivity index (χ4v) is 6.54. The molecule has 0 aliphatic carbocycles. The molecule has 52 heavy (non-hydrogen) atoms. The van der Waals surface area contributed by atoms with Gasteiger partial charge in [0.15, 0.2) is 24.1 Å². The summed E-state index contributed by atoms with van der Waals surface area (Å²) in [5, 5.41) is 11.6. The summed E-state index contributed by atoms with van der Waals surface area (Å²) in [6, 6.07) is -1.18. The third kappa shape index (κ3) is 11.4. The van der Waals surface area contributed by atoms with Crippen molar-refractivity contribution in [1.29, 1.82) is 0 Å². The van der Waals surface area contributed by atoms with Crippen molar-refractivity contribution < 1.29 is 79.2 Å². The van der Waals surface area contributed by atoms with Gasteiger partial charge in [0.05, 0.1) is 19.3 Å². The van der Waals surface area contributed by atoms with E-state index in [1.54, 1.807) is 0 Å². The first-order valence-corrected chi connectivity index (χ1v) is 17.8. The fourth-order valence-electron chi connectivity index (χ4n) is 4.68. The van der Waals surface area contributed by atoms with Gasteiger partial charge in [-0.3, -0.25) is 28.7 Å². The number of ether oxygens (including phenoxy) is 2. The summed E-state index contributed by atoms with van der Waals surface area (Å²) in [7, 11) is -9.82. The van der Waals surface area contributed by atoms with Crippen LogP contribution in [0.5, 0.6) is 0 Å². The van der Waals surface area contributed by atoms with E-state index in [0.29, 0.717) is 14.7 Å². The predicted molar refractivity (Wildman–Crippen MR) is 187 cm³/mol. The monoisotopic (exact) mass is 1030 g/mol. The smallest absolute Gasteiger partial charge is 0.870 e. The topological polar surface area (TPSA) is 409 Å². The van der Waals surface area contributed by atoms with E-state index < -0.39 is 76.7 Å². The first-order valence-electron chi connectivity index (χ1n) is 13.1. The van der Waals surface area contributed by atoms with Gasteiger partial charge < -0.3 is 94.4 Å². The van der Waals surface area contributed by atoms with Crippen molar-refractivity contribution in [1.82, 2.24) is 19.9 Å². The fraction of sp³-hybridized carbons (Fsp3) is 0.400. The summed E-state index contributed by atoms with van der Waals surface area (Å²) in [5.74, 6) is 0.182. The Morgan fingerprint density at radius 3 is 1.58 bits per heavy atom. The van der Waals surface area contributed by atoms with Gasteiger partial charge in [-0.2, -0.15) is 14.9 Å². The van der Waals surface area contributed by atoms with Gasteiger partial charge in [-0.05, 0) is 4.91 Å². The molecule has 4 aliphatic rings. The number of rotatable bonds is 6. The average Bonchev–Trinajstić information content (AvgIpc) is 2.97. The molecule has 0 saturated carbocycles. The zero-order valence-corrected chi connectivity index (χ0v) is 35.2. The van der Waals surface area contributed by atoms with E-state index in [2.05, 4.69) is 88.1 Å². The number of nitrogens with zero attached hydrogens (tertiary/aromatic N) is 2. The largest absolute Gasteiger partial charge is 2.00 e. The third-order valence-electron chi connectivity index (χ3n) is 6.74. The Morgan fingerprint density at radius 2 is 1.15 bits per heavy atom. The van der Waals surface area contributed by atoms with Crippen molar-refractivity contribution in [3.8, 4) is 0 Å². The maximum Gasteiger partial charge on any atom is 2.00 e. The second-order valence-corrected chi connectivity index (χ2v) is 14.3. The van der Waals surface area contributed by atoms with Crippen LogP contribution in [0.3, 0.4) is 0 Å². The van der Waals surface area contributed by atoms with Gasteiger partial charge in [-0.25, -0.2) is 0 Å². The van der Waals surface area contributed by atoms with Crippen molar-refractivity contribution in [2.75, 3.05) is 45.9 Å². The SMILES string of the molecule is Nc1nc2c(c(=O)[nH]1)N[C@@H]1C(S)=C(S)[C@H](COP(=O)([O-])O)O[C@@H]1N2.Nc1nc2c(c(=O)[nH]1)N[C@@H]1C([S-])=C(S)[C@H](COP(=O)([O-])O)O[C@@H]1N2.[Mg+2].[OH-].[OH-].[W]. The number of aromatic amines is 2. The van der Waals surface area contributed by atoms with E-state index in [9.17, 15) is 28.5 Å². The van der Waals surface area contributed by atoms with Crippen LogP contribution >= 0.6 is 53.5 Å². The Hall–Kier alpha value is -1.18.